The predicted molar refractivity (Wildman–Crippen MR) is 121 cm³/mol. The van der Waals surface area contributed by atoms with Crippen molar-refractivity contribution in [1.82, 2.24) is 14.3 Å². The number of nitrogens with zero attached hydrogens (tertiary/aromatic N) is 3. The number of pyridine rings is 1. The highest BCUT2D eigenvalue weighted by molar-refractivity contribution is 8.26. The van der Waals surface area contributed by atoms with Gasteiger partial charge in [-0.25, -0.2) is 4.98 Å². The molecule has 0 bridgehead atoms. The number of hydrogen-bond donors (Lipinski definition) is 1. The molecule has 0 unspecified atom stereocenters. The number of thiocarbonyl (C=S) groups is 1. The van der Waals surface area contributed by atoms with E-state index in [0.717, 1.165) is 5.56 Å². The first-order valence-corrected chi connectivity index (χ1v) is 10.3. The largest absolute Gasteiger partial charge is 0.385 e. The van der Waals surface area contributed by atoms with Crippen molar-refractivity contribution in [2.24, 2.45) is 0 Å². The van der Waals surface area contributed by atoms with E-state index < -0.39 is 0 Å². The first-order valence-electron chi connectivity index (χ1n) is 9.08. The summed E-state index contributed by atoms with van der Waals surface area (Å²) in [5.41, 5.74) is 1.52. The summed E-state index contributed by atoms with van der Waals surface area (Å²) >= 11 is 6.54. The first kappa shape index (κ1) is 21.2. The molecular formula is C20H22N4O3S2. The van der Waals surface area contributed by atoms with Gasteiger partial charge >= 0.3 is 0 Å². The smallest absolute Gasteiger partial charge is 0.267 e. The van der Waals surface area contributed by atoms with Crippen molar-refractivity contribution in [2.75, 3.05) is 32.1 Å². The topological polar surface area (TPSA) is 75.9 Å². The molecule has 0 radical (unpaired) electrons. The number of aromatic nitrogens is 2. The SMILES string of the molecule is C=CCNc1nc2ccc(C)cn2c(=O)c1C=C1SC(=S)N(CCCOC)C1=O. The molecular weight excluding hydrogens is 408 g/mol. The van der Waals surface area contributed by atoms with E-state index in [1.165, 1.54) is 21.1 Å². The molecule has 0 aliphatic carbocycles. The molecule has 2 aromatic rings. The summed E-state index contributed by atoms with van der Waals surface area (Å²) in [5, 5.41) is 3.09. The van der Waals surface area contributed by atoms with Crippen molar-refractivity contribution >= 4 is 51.7 Å². The van der Waals surface area contributed by atoms with Crippen LogP contribution in [-0.2, 0) is 9.53 Å². The molecule has 0 atom stereocenters. The molecule has 29 heavy (non-hydrogen) atoms. The first-order chi connectivity index (χ1) is 14.0. The van der Waals surface area contributed by atoms with Crippen LogP contribution in [-0.4, -0.2) is 51.3 Å². The zero-order chi connectivity index (χ0) is 21.0. The third-order valence-corrected chi connectivity index (χ3v) is 5.68. The minimum Gasteiger partial charge on any atom is -0.385 e. The van der Waals surface area contributed by atoms with Gasteiger partial charge in [-0.15, -0.1) is 6.58 Å². The highest BCUT2D eigenvalue weighted by Gasteiger charge is 2.32. The molecule has 0 saturated carbocycles. The van der Waals surface area contributed by atoms with Gasteiger partial charge in [0.15, 0.2) is 0 Å². The van der Waals surface area contributed by atoms with Gasteiger partial charge in [-0.05, 0) is 31.1 Å². The van der Waals surface area contributed by atoms with Crippen LogP contribution >= 0.6 is 24.0 Å². The number of rotatable bonds is 8. The fourth-order valence-electron chi connectivity index (χ4n) is 2.88. The molecule has 1 N–H and O–H groups in total. The summed E-state index contributed by atoms with van der Waals surface area (Å²) in [6.45, 7) is 7.05. The quantitative estimate of drug-likeness (QED) is 0.299. The molecule has 3 heterocycles. The van der Waals surface area contributed by atoms with Crippen molar-refractivity contribution in [3.63, 3.8) is 0 Å². The molecule has 7 nitrogen and oxygen atoms in total. The third-order valence-electron chi connectivity index (χ3n) is 4.30. The maximum Gasteiger partial charge on any atom is 0.267 e. The lowest BCUT2D eigenvalue weighted by molar-refractivity contribution is -0.122. The number of amides is 1. The molecule has 3 rings (SSSR count). The fraction of sp³-hybridized carbons (Fsp3) is 0.300. The van der Waals surface area contributed by atoms with Crippen LogP contribution < -0.4 is 10.9 Å². The zero-order valence-corrected chi connectivity index (χ0v) is 17.9. The minimum atomic E-state index is -0.255. The number of aryl methyl sites for hydroxylation is 1. The van der Waals surface area contributed by atoms with E-state index in [9.17, 15) is 9.59 Å². The molecule has 0 spiro atoms. The second-order valence-corrected chi connectivity index (χ2v) is 8.14. The second kappa shape index (κ2) is 9.34. The van der Waals surface area contributed by atoms with Crippen LogP contribution in [0.15, 0.2) is 40.7 Å². The molecule has 1 saturated heterocycles. The molecule has 1 aliphatic rings. The van der Waals surface area contributed by atoms with Crippen LogP contribution in [0.2, 0.25) is 0 Å². The number of fused-ring (bicyclic) bond motifs is 1. The summed E-state index contributed by atoms with van der Waals surface area (Å²) in [5.74, 6) is 0.197. The Morgan fingerprint density at radius 3 is 2.90 bits per heavy atom. The Morgan fingerprint density at radius 1 is 1.38 bits per heavy atom. The van der Waals surface area contributed by atoms with Gasteiger partial charge in [0.2, 0.25) is 0 Å². The van der Waals surface area contributed by atoms with E-state index >= 15 is 0 Å². The van der Waals surface area contributed by atoms with E-state index in [4.69, 9.17) is 17.0 Å². The molecule has 1 aliphatic heterocycles. The Kier molecular flexibility index (Phi) is 6.83. The van der Waals surface area contributed by atoms with E-state index in [-0.39, 0.29) is 11.5 Å². The van der Waals surface area contributed by atoms with Crippen LogP contribution in [0, 0.1) is 6.92 Å². The molecule has 2 aromatic heterocycles. The molecule has 1 fully saturated rings. The van der Waals surface area contributed by atoms with Gasteiger partial charge in [-0.2, -0.15) is 0 Å². The number of carbonyl (C=O) groups is 1. The number of thioether (sulfide) groups is 1. The average Bonchev–Trinajstić information content (AvgIpc) is 2.97. The Labute approximate surface area is 178 Å². The van der Waals surface area contributed by atoms with Gasteiger partial charge in [0, 0.05) is 33.0 Å². The molecule has 152 valence electrons. The number of methoxy groups -OCH3 is 1. The van der Waals surface area contributed by atoms with E-state index in [1.54, 1.807) is 31.5 Å². The second-order valence-electron chi connectivity index (χ2n) is 6.46. The average molecular weight is 431 g/mol. The van der Waals surface area contributed by atoms with Crippen LogP contribution in [0.4, 0.5) is 5.82 Å². The Morgan fingerprint density at radius 2 is 2.17 bits per heavy atom. The molecule has 1 amide bonds. The van der Waals surface area contributed by atoms with Gasteiger partial charge in [-0.1, -0.05) is 36.1 Å². The number of ether oxygens (including phenoxy) is 1. The maximum atomic E-state index is 13.2. The standard InChI is InChI=1S/C20H22N4O3S2/c1-4-8-21-17-14(18(25)24-12-13(2)6-7-16(24)22-17)11-15-19(26)23(20(28)29-15)9-5-10-27-3/h4,6-7,11-12,21H,1,5,8-10H2,2-3H3. The zero-order valence-electron chi connectivity index (χ0n) is 16.3. The van der Waals surface area contributed by atoms with Gasteiger partial charge < -0.3 is 10.1 Å². The Bertz CT molecular complexity index is 1060. The summed E-state index contributed by atoms with van der Waals surface area (Å²) in [4.78, 5) is 32.5. The number of anilines is 1. The summed E-state index contributed by atoms with van der Waals surface area (Å²) in [7, 11) is 1.61. The van der Waals surface area contributed by atoms with E-state index in [0.29, 0.717) is 52.4 Å². The Balaban J connectivity index is 2.04. The minimum absolute atomic E-state index is 0.209. The fourth-order valence-corrected chi connectivity index (χ4v) is 4.17. The van der Waals surface area contributed by atoms with Crippen LogP contribution in [0.25, 0.3) is 11.7 Å². The van der Waals surface area contributed by atoms with Crippen molar-refractivity contribution in [3.05, 3.63) is 57.4 Å². The van der Waals surface area contributed by atoms with Crippen LogP contribution in [0.3, 0.4) is 0 Å². The van der Waals surface area contributed by atoms with Crippen LogP contribution in [0.5, 0.6) is 0 Å². The number of hydrogen-bond acceptors (Lipinski definition) is 7. The lowest BCUT2D eigenvalue weighted by atomic mass is 10.2. The normalized spacial score (nSPS) is 15.5. The summed E-state index contributed by atoms with van der Waals surface area (Å²) < 4.78 is 7.00. The van der Waals surface area contributed by atoms with Crippen molar-refractivity contribution in [1.29, 1.82) is 0 Å². The maximum absolute atomic E-state index is 13.2. The van der Waals surface area contributed by atoms with Gasteiger partial charge in [-0.3, -0.25) is 18.9 Å². The summed E-state index contributed by atoms with van der Waals surface area (Å²) in [6, 6.07) is 3.68. The van der Waals surface area contributed by atoms with Gasteiger partial charge in [0.25, 0.3) is 11.5 Å². The van der Waals surface area contributed by atoms with Crippen molar-refractivity contribution < 1.29 is 9.53 Å². The predicted octanol–water partition coefficient (Wildman–Crippen LogP) is 2.84. The van der Waals surface area contributed by atoms with Gasteiger partial charge in [0.05, 0.1) is 10.5 Å². The van der Waals surface area contributed by atoms with Crippen LogP contribution in [0.1, 0.15) is 17.5 Å². The number of nitrogens with one attached hydrogen (secondary N) is 1. The highest BCUT2D eigenvalue weighted by Crippen LogP contribution is 2.33. The van der Waals surface area contributed by atoms with Crippen molar-refractivity contribution in [3.8, 4) is 0 Å². The lowest BCUT2D eigenvalue weighted by Gasteiger charge is -2.13. The van der Waals surface area contributed by atoms with Gasteiger partial charge in [0.1, 0.15) is 15.8 Å². The van der Waals surface area contributed by atoms with Crippen molar-refractivity contribution in [2.45, 2.75) is 13.3 Å². The monoisotopic (exact) mass is 430 g/mol. The third kappa shape index (κ3) is 4.58. The van der Waals surface area contributed by atoms with E-state index in [1.807, 2.05) is 13.0 Å². The highest BCUT2D eigenvalue weighted by atomic mass is 32.2. The summed E-state index contributed by atoms with van der Waals surface area (Å²) in [6.07, 6.45) is 5.67. The number of carbonyl (C=O) groups excluding carboxylic acids is 1. The Hall–Kier alpha value is -2.49. The molecule has 9 heteroatoms. The lowest BCUT2D eigenvalue weighted by Crippen LogP contribution is -2.29. The van der Waals surface area contributed by atoms with E-state index in [2.05, 4.69) is 16.9 Å². The molecule has 0 aromatic carbocycles.